The van der Waals surface area contributed by atoms with Crippen LogP contribution in [0.25, 0.3) is 5.69 Å². The lowest BCUT2D eigenvalue weighted by molar-refractivity contribution is -0.144. The number of carboxylic acids is 1. The minimum absolute atomic E-state index is 0.301. The first kappa shape index (κ1) is 18.4. The minimum Gasteiger partial charge on any atom is -0.481 e. The molecule has 0 spiro atoms. The van der Waals surface area contributed by atoms with E-state index in [-0.39, 0.29) is 5.92 Å². The Bertz CT molecular complexity index is 771. The number of hydrogen-bond acceptors (Lipinski definition) is 3. The largest absolute Gasteiger partial charge is 0.481 e. The van der Waals surface area contributed by atoms with Crippen molar-refractivity contribution in [2.24, 2.45) is 11.8 Å². The number of carbonyl (C=O) groups is 1. The average Bonchev–Trinajstić information content (AvgIpc) is 3.02. The molecule has 3 rings (SSSR count). The standard InChI is InChI=1S/C18H20F3N3O2/c1-12-6-14(17(25)26)11-23(8-12)9-13-7-22-24(10-13)16-4-2-15(3-5-16)18(19,20)21/h2-5,7,10,12,14H,6,8-9,11H2,1H3,(H,25,26). The van der Waals surface area contributed by atoms with Gasteiger partial charge in [0.2, 0.25) is 0 Å². The number of halogens is 3. The first-order valence-corrected chi connectivity index (χ1v) is 8.38. The number of hydrogen-bond donors (Lipinski definition) is 1. The van der Waals surface area contributed by atoms with E-state index in [0.717, 1.165) is 24.2 Å². The van der Waals surface area contributed by atoms with E-state index in [1.807, 2.05) is 6.92 Å². The molecule has 1 saturated heterocycles. The van der Waals surface area contributed by atoms with Crippen molar-refractivity contribution in [3.8, 4) is 5.69 Å². The van der Waals surface area contributed by atoms with Crippen LogP contribution in [-0.2, 0) is 17.5 Å². The number of aromatic nitrogens is 2. The van der Waals surface area contributed by atoms with Crippen LogP contribution in [0.2, 0.25) is 0 Å². The molecular formula is C18H20F3N3O2. The van der Waals surface area contributed by atoms with Crippen LogP contribution in [-0.4, -0.2) is 38.8 Å². The highest BCUT2D eigenvalue weighted by atomic mass is 19.4. The van der Waals surface area contributed by atoms with Crippen LogP contribution in [0.5, 0.6) is 0 Å². The fourth-order valence-corrected chi connectivity index (χ4v) is 3.41. The number of piperidine rings is 1. The number of aliphatic carboxylic acids is 1. The summed E-state index contributed by atoms with van der Waals surface area (Å²) in [5.74, 6) is -0.847. The number of alkyl halides is 3. The lowest BCUT2D eigenvalue weighted by atomic mass is 9.90. The summed E-state index contributed by atoms with van der Waals surface area (Å²) in [5.41, 5.74) is 0.735. The lowest BCUT2D eigenvalue weighted by Gasteiger charge is -2.34. The fourth-order valence-electron chi connectivity index (χ4n) is 3.41. The van der Waals surface area contributed by atoms with E-state index in [1.54, 1.807) is 12.4 Å². The van der Waals surface area contributed by atoms with Gasteiger partial charge in [0.25, 0.3) is 0 Å². The summed E-state index contributed by atoms with van der Waals surface area (Å²) in [5, 5.41) is 13.5. The third-order valence-corrected chi connectivity index (χ3v) is 4.59. The van der Waals surface area contributed by atoms with Crippen LogP contribution in [0, 0.1) is 11.8 Å². The van der Waals surface area contributed by atoms with Crippen LogP contribution in [0.1, 0.15) is 24.5 Å². The number of nitrogens with zero attached hydrogens (tertiary/aromatic N) is 3. The van der Waals surface area contributed by atoms with Crippen molar-refractivity contribution in [1.82, 2.24) is 14.7 Å². The van der Waals surface area contributed by atoms with Crippen molar-refractivity contribution in [2.75, 3.05) is 13.1 Å². The molecule has 1 aliphatic heterocycles. The van der Waals surface area contributed by atoms with Crippen LogP contribution in [0.4, 0.5) is 13.2 Å². The number of rotatable bonds is 4. The minimum atomic E-state index is -4.36. The van der Waals surface area contributed by atoms with E-state index in [1.165, 1.54) is 16.8 Å². The van der Waals surface area contributed by atoms with E-state index in [2.05, 4.69) is 10.00 Å². The highest BCUT2D eigenvalue weighted by molar-refractivity contribution is 5.70. The van der Waals surface area contributed by atoms with E-state index in [9.17, 15) is 23.1 Å². The SMILES string of the molecule is CC1CC(C(=O)O)CN(Cc2cnn(-c3ccc(C(F)(F)F)cc3)c2)C1. The fraction of sp³-hybridized carbons (Fsp3) is 0.444. The summed E-state index contributed by atoms with van der Waals surface area (Å²) < 4.78 is 39.4. The molecule has 2 unspecified atom stereocenters. The van der Waals surface area contributed by atoms with Gasteiger partial charge in [-0.2, -0.15) is 18.3 Å². The molecule has 2 heterocycles. The summed E-state index contributed by atoms with van der Waals surface area (Å²) in [4.78, 5) is 13.3. The molecule has 1 aromatic carbocycles. The molecule has 26 heavy (non-hydrogen) atoms. The molecule has 0 saturated carbocycles. The van der Waals surface area contributed by atoms with E-state index < -0.39 is 17.7 Å². The van der Waals surface area contributed by atoms with Crippen molar-refractivity contribution >= 4 is 5.97 Å². The van der Waals surface area contributed by atoms with Gasteiger partial charge >= 0.3 is 12.1 Å². The first-order valence-electron chi connectivity index (χ1n) is 8.38. The summed E-state index contributed by atoms with van der Waals surface area (Å²) in [6.45, 7) is 3.91. The van der Waals surface area contributed by atoms with Gasteiger partial charge in [0, 0.05) is 31.4 Å². The Morgan fingerprint density at radius 1 is 1.27 bits per heavy atom. The monoisotopic (exact) mass is 367 g/mol. The Hall–Kier alpha value is -2.35. The second-order valence-corrected chi connectivity index (χ2v) is 6.91. The molecular weight excluding hydrogens is 347 g/mol. The Kier molecular flexibility index (Phi) is 5.04. The molecule has 2 atom stereocenters. The van der Waals surface area contributed by atoms with Gasteiger partial charge in [-0.25, -0.2) is 4.68 Å². The summed E-state index contributed by atoms with van der Waals surface area (Å²) in [6, 6.07) is 4.81. The molecule has 0 aliphatic carbocycles. The maximum Gasteiger partial charge on any atom is 0.416 e. The van der Waals surface area contributed by atoms with Crippen LogP contribution in [0.3, 0.4) is 0 Å². The van der Waals surface area contributed by atoms with Crippen molar-refractivity contribution < 1.29 is 23.1 Å². The predicted octanol–water partition coefficient (Wildman–Crippen LogP) is 3.43. The Morgan fingerprint density at radius 2 is 1.96 bits per heavy atom. The maximum atomic E-state index is 12.6. The van der Waals surface area contributed by atoms with Crippen LogP contribution >= 0.6 is 0 Å². The third kappa shape index (κ3) is 4.24. The maximum absolute atomic E-state index is 12.6. The molecule has 2 aromatic rings. The summed E-state index contributed by atoms with van der Waals surface area (Å²) >= 11 is 0. The second-order valence-electron chi connectivity index (χ2n) is 6.91. The molecule has 0 amide bonds. The van der Waals surface area contributed by atoms with Crippen LogP contribution in [0.15, 0.2) is 36.7 Å². The number of likely N-dealkylation sites (tertiary alicyclic amines) is 1. The van der Waals surface area contributed by atoms with Crippen molar-refractivity contribution in [1.29, 1.82) is 0 Å². The summed E-state index contributed by atoms with van der Waals surface area (Å²) in [7, 11) is 0. The van der Waals surface area contributed by atoms with Gasteiger partial charge in [0.1, 0.15) is 0 Å². The Morgan fingerprint density at radius 3 is 2.58 bits per heavy atom. The molecule has 0 bridgehead atoms. The zero-order chi connectivity index (χ0) is 18.9. The van der Waals surface area contributed by atoms with Gasteiger partial charge in [0.05, 0.1) is 23.4 Å². The van der Waals surface area contributed by atoms with Gasteiger partial charge in [0.15, 0.2) is 0 Å². The van der Waals surface area contributed by atoms with Crippen molar-refractivity contribution in [3.63, 3.8) is 0 Å². The van der Waals surface area contributed by atoms with Crippen LogP contribution < -0.4 is 0 Å². The zero-order valence-electron chi connectivity index (χ0n) is 14.3. The first-order chi connectivity index (χ1) is 12.2. The topological polar surface area (TPSA) is 58.4 Å². The molecule has 1 fully saturated rings. The van der Waals surface area contributed by atoms with E-state index in [0.29, 0.717) is 31.1 Å². The normalized spacial score (nSPS) is 21.7. The van der Waals surface area contributed by atoms with E-state index >= 15 is 0 Å². The molecule has 0 radical (unpaired) electrons. The van der Waals surface area contributed by atoms with Gasteiger partial charge in [-0.15, -0.1) is 0 Å². The lowest BCUT2D eigenvalue weighted by Crippen LogP contribution is -2.41. The molecule has 8 heteroatoms. The second kappa shape index (κ2) is 7.11. The average molecular weight is 367 g/mol. The molecule has 5 nitrogen and oxygen atoms in total. The van der Waals surface area contributed by atoms with Gasteiger partial charge < -0.3 is 5.11 Å². The van der Waals surface area contributed by atoms with E-state index in [4.69, 9.17) is 0 Å². The predicted molar refractivity (Wildman–Crippen MR) is 88.7 cm³/mol. The highest BCUT2D eigenvalue weighted by Gasteiger charge is 2.30. The Labute approximate surface area is 149 Å². The number of benzene rings is 1. The quantitative estimate of drug-likeness (QED) is 0.900. The molecule has 140 valence electrons. The van der Waals surface area contributed by atoms with Crippen molar-refractivity contribution in [2.45, 2.75) is 26.1 Å². The van der Waals surface area contributed by atoms with Gasteiger partial charge in [-0.1, -0.05) is 6.92 Å². The molecule has 1 aliphatic rings. The van der Waals surface area contributed by atoms with Gasteiger partial charge in [-0.05, 0) is 36.6 Å². The highest BCUT2D eigenvalue weighted by Crippen LogP contribution is 2.29. The molecule has 1 N–H and O–H groups in total. The molecule has 1 aromatic heterocycles. The van der Waals surface area contributed by atoms with Gasteiger partial charge in [-0.3, -0.25) is 9.69 Å². The van der Waals surface area contributed by atoms with Crippen molar-refractivity contribution in [3.05, 3.63) is 47.8 Å². The summed E-state index contributed by atoms with van der Waals surface area (Å²) in [6.07, 6.45) is -0.263. The third-order valence-electron chi connectivity index (χ3n) is 4.59. The smallest absolute Gasteiger partial charge is 0.416 e. The number of carboxylic acid groups (broad SMARTS) is 1. The zero-order valence-corrected chi connectivity index (χ0v) is 14.3. The Balaban J connectivity index is 1.69.